The minimum Gasteiger partial charge on any atom is -0.380 e. The van der Waals surface area contributed by atoms with E-state index in [1.165, 1.54) is 23.6 Å². The van der Waals surface area contributed by atoms with E-state index in [9.17, 15) is 9.50 Å². The molecule has 0 aliphatic rings. The minimum atomic E-state index is -1.19. The Bertz CT molecular complexity index is 507. The molecular formula is C12H12FNOS. The van der Waals surface area contributed by atoms with Gasteiger partial charge in [-0.15, -0.1) is 11.3 Å². The monoisotopic (exact) mass is 237 g/mol. The predicted molar refractivity (Wildman–Crippen MR) is 61.9 cm³/mol. The van der Waals surface area contributed by atoms with Crippen molar-refractivity contribution in [3.8, 4) is 0 Å². The fraction of sp³-hybridized carbons (Fsp3) is 0.250. The van der Waals surface area contributed by atoms with Gasteiger partial charge in [0.1, 0.15) is 11.4 Å². The first-order chi connectivity index (χ1) is 7.50. The highest BCUT2D eigenvalue weighted by atomic mass is 32.1. The Kier molecular flexibility index (Phi) is 2.78. The third kappa shape index (κ3) is 1.99. The van der Waals surface area contributed by atoms with Crippen LogP contribution in [0.3, 0.4) is 0 Å². The topological polar surface area (TPSA) is 33.1 Å². The van der Waals surface area contributed by atoms with Crippen molar-refractivity contribution in [2.45, 2.75) is 19.4 Å². The molecule has 0 saturated carbocycles. The first kappa shape index (κ1) is 11.2. The molecule has 0 saturated heterocycles. The molecule has 0 aliphatic heterocycles. The van der Waals surface area contributed by atoms with Crippen molar-refractivity contribution in [1.29, 1.82) is 0 Å². The van der Waals surface area contributed by atoms with Gasteiger partial charge in [-0.05, 0) is 32.0 Å². The molecule has 2 rings (SSSR count). The Morgan fingerprint density at radius 3 is 2.69 bits per heavy atom. The summed E-state index contributed by atoms with van der Waals surface area (Å²) in [5.41, 5.74) is -0.719. The molecule has 2 nitrogen and oxygen atoms in total. The summed E-state index contributed by atoms with van der Waals surface area (Å²) in [6.07, 6.45) is 2.61. The van der Waals surface area contributed by atoms with E-state index in [-0.39, 0.29) is 0 Å². The molecule has 1 atom stereocenters. The van der Waals surface area contributed by atoms with Crippen LogP contribution in [0.5, 0.6) is 0 Å². The van der Waals surface area contributed by atoms with Gasteiger partial charge in [0.05, 0.1) is 6.20 Å². The lowest BCUT2D eigenvalue weighted by Gasteiger charge is -2.21. The van der Waals surface area contributed by atoms with Crippen LogP contribution < -0.4 is 0 Å². The van der Waals surface area contributed by atoms with Gasteiger partial charge in [-0.2, -0.15) is 0 Å². The molecule has 2 aromatic heterocycles. The number of halogens is 1. The van der Waals surface area contributed by atoms with Gasteiger partial charge < -0.3 is 5.11 Å². The van der Waals surface area contributed by atoms with E-state index in [2.05, 4.69) is 4.98 Å². The quantitative estimate of drug-likeness (QED) is 0.871. The van der Waals surface area contributed by atoms with Gasteiger partial charge in [0.15, 0.2) is 0 Å². The molecule has 0 fully saturated rings. The van der Waals surface area contributed by atoms with Gasteiger partial charge in [-0.3, -0.25) is 4.98 Å². The van der Waals surface area contributed by atoms with Crippen molar-refractivity contribution in [2.24, 2.45) is 0 Å². The second-order valence-electron chi connectivity index (χ2n) is 3.87. The average molecular weight is 237 g/mol. The van der Waals surface area contributed by atoms with Gasteiger partial charge in [0.25, 0.3) is 0 Å². The molecule has 1 N–H and O–H groups in total. The molecule has 2 heterocycles. The molecule has 1 unspecified atom stereocenters. The second-order valence-corrected chi connectivity index (χ2v) is 5.16. The number of thiophene rings is 1. The number of nitrogens with zero attached hydrogens (tertiary/aromatic N) is 1. The van der Waals surface area contributed by atoms with Crippen molar-refractivity contribution in [3.05, 3.63) is 51.7 Å². The second kappa shape index (κ2) is 3.96. The summed E-state index contributed by atoms with van der Waals surface area (Å²) >= 11 is 1.50. The van der Waals surface area contributed by atoms with Crippen LogP contribution in [0, 0.1) is 12.7 Å². The molecule has 0 aliphatic carbocycles. The van der Waals surface area contributed by atoms with E-state index >= 15 is 0 Å². The summed E-state index contributed by atoms with van der Waals surface area (Å²) in [5, 5.41) is 10.4. The zero-order chi connectivity index (χ0) is 11.8. The standard InChI is InChI=1S/C12H12FNOS/c1-8-3-4-11(16-8)12(2,15)9-5-10(13)7-14-6-9/h3-7,15H,1-2H3. The van der Waals surface area contributed by atoms with Crippen LogP contribution in [-0.2, 0) is 5.60 Å². The van der Waals surface area contributed by atoms with Crippen molar-refractivity contribution in [1.82, 2.24) is 4.98 Å². The summed E-state index contributed by atoms with van der Waals surface area (Å²) < 4.78 is 13.0. The Balaban J connectivity index is 2.46. The number of hydrogen-bond donors (Lipinski definition) is 1. The first-order valence-corrected chi connectivity index (χ1v) is 5.72. The molecule has 4 heteroatoms. The van der Waals surface area contributed by atoms with Crippen LogP contribution in [0.1, 0.15) is 22.2 Å². The number of aromatic nitrogens is 1. The third-order valence-corrected chi connectivity index (χ3v) is 3.70. The molecule has 16 heavy (non-hydrogen) atoms. The van der Waals surface area contributed by atoms with Crippen molar-refractivity contribution >= 4 is 11.3 Å². The van der Waals surface area contributed by atoms with E-state index in [4.69, 9.17) is 0 Å². The molecule has 0 amide bonds. The molecule has 0 aromatic carbocycles. The number of pyridine rings is 1. The van der Waals surface area contributed by atoms with Crippen LogP contribution in [0.2, 0.25) is 0 Å². The Morgan fingerprint density at radius 2 is 2.12 bits per heavy atom. The van der Waals surface area contributed by atoms with Crippen molar-refractivity contribution in [2.75, 3.05) is 0 Å². The van der Waals surface area contributed by atoms with E-state index in [0.29, 0.717) is 5.56 Å². The fourth-order valence-electron chi connectivity index (χ4n) is 1.52. The van der Waals surface area contributed by atoms with E-state index in [0.717, 1.165) is 16.0 Å². The molecule has 0 bridgehead atoms. The Hall–Kier alpha value is -1.26. The lowest BCUT2D eigenvalue weighted by atomic mass is 9.96. The lowest BCUT2D eigenvalue weighted by molar-refractivity contribution is 0.105. The summed E-state index contributed by atoms with van der Waals surface area (Å²) in [5.74, 6) is -0.439. The van der Waals surface area contributed by atoms with E-state index in [1.807, 2.05) is 19.1 Å². The van der Waals surface area contributed by atoms with Gasteiger partial charge in [-0.1, -0.05) is 0 Å². The normalized spacial score (nSPS) is 14.8. The zero-order valence-electron chi connectivity index (χ0n) is 9.07. The van der Waals surface area contributed by atoms with Crippen LogP contribution in [0.25, 0.3) is 0 Å². The summed E-state index contributed by atoms with van der Waals surface area (Å²) in [6.45, 7) is 3.61. The molecule has 2 aromatic rings. The van der Waals surface area contributed by atoms with Gasteiger partial charge in [-0.25, -0.2) is 4.39 Å². The fourth-order valence-corrected chi connectivity index (χ4v) is 2.45. The Labute approximate surface area is 97.4 Å². The van der Waals surface area contributed by atoms with Crippen molar-refractivity contribution < 1.29 is 9.50 Å². The number of aryl methyl sites for hydroxylation is 1. The summed E-state index contributed by atoms with van der Waals surface area (Å²) in [4.78, 5) is 5.65. The zero-order valence-corrected chi connectivity index (χ0v) is 9.88. The molecule has 0 spiro atoms. The first-order valence-electron chi connectivity index (χ1n) is 4.90. The average Bonchev–Trinajstić information content (AvgIpc) is 2.65. The highest BCUT2D eigenvalue weighted by Gasteiger charge is 2.27. The maximum atomic E-state index is 13.0. The number of rotatable bonds is 2. The lowest BCUT2D eigenvalue weighted by Crippen LogP contribution is -2.21. The van der Waals surface area contributed by atoms with Gasteiger partial charge in [0.2, 0.25) is 0 Å². The largest absolute Gasteiger partial charge is 0.380 e. The maximum Gasteiger partial charge on any atom is 0.141 e. The minimum absolute atomic E-state index is 0.439. The smallest absolute Gasteiger partial charge is 0.141 e. The SMILES string of the molecule is Cc1ccc(C(C)(O)c2cncc(F)c2)s1. The molecule has 84 valence electrons. The van der Waals surface area contributed by atoms with E-state index in [1.54, 1.807) is 6.92 Å². The van der Waals surface area contributed by atoms with Gasteiger partial charge >= 0.3 is 0 Å². The van der Waals surface area contributed by atoms with Gasteiger partial charge in [0, 0.05) is 21.5 Å². The predicted octanol–water partition coefficient (Wildman–Crippen LogP) is 2.85. The maximum absolute atomic E-state index is 13.0. The third-order valence-electron chi connectivity index (χ3n) is 2.49. The molecule has 0 radical (unpaired) electrons. The van der Waals surface area contributed by atoms with Crippen molar-refractivity contribution in [3.63, 3.8) is 0 Å². The summed E-state index contributed by atoms with van der Waals surface area (Å²) in [6, 6.07) is 5.09. The van der Waals surface area contributed by atoms with Crippen LogP contribution >= 0.6 is 11.3 Å². The number of aliphatic hydroxyl groups is 1. The Morgan fingerprint density at radius 1 is 1.38 bits per heavy atom. The molecular weight excluding hydrogens is 225 g/mol. The van der Waals surface area contributed by atoms with E-state index < -0.39 is 11.4 Å². The van der Waals surface area contributed by atoms with Crippen LogP contribution in [0.15, 0.2) is 30.6 Å². The number of hydrogen-bond acceptors (Lipinski definition) is 3. The van der Waals surface area contributed by atoms with Crippen LogP contribution in [0.4, 0.5) is 4.39 Å². The van der Waals surface area contributed by atoms with Crippen LogP contribution in [-0.4, -0.2) is 10.1 Å². The summed E-state index contributed by atoms with van der Waals surface area (Å²) in [7, 11) is 0. The highest BCUT2D eigenvalue weighted by Crippen LogP contribution is 2.33. The highest BCUT2D eigenvalue weighted by molar-refractivity contribution is 7.12.